The van der Waals surface area contributed by atoms with Crippen LogP contribution in [-0.4, -0.2) is 21.8 Å². The van der Waals surface area contributed by atoms with Gasteiger partial charge in [-0.05, 0) is 24.1 Å². The van der Waals surface area contributed by atoms with Crippen LogP contribution in [0.2, 0.25) is 5.02 Å². The molecule has 2 aromatic rings. The van der Waals surface area contributed by atoms with Crippen LogP contribution in [0.15, 0.2) is 24.7 Å². The Bertz CT molecular complexity index is 813. The van der Waals surface area contributed by atoms with Crippen molar-refractivity contribution in [3.8, 4) is 0 Å². The van der Waals surface area contributed by atoms with Gasteiger partial charge in [-0.25, -0.2) is 13.2 Å². The van der Waals surface area contributed by atoms with Gasteiger partial charge in [-0.2, -0.15) is 0 Å². The summed E-state index contributed by atoms with van der Waals surface area (Å²) in [6.07, 6.45) is 3.48. The van der Waals surface area contributed by atoms with E-state index in [1.54, 1.807) is 6.92 Å². The number of alkyl halides is 2. The number of carbonyl (C=O) groups excluding carboxylic acids is 1. The summed E-state index contributed by atoms with van der Waals surface area (Å²) >= 11 is 5.96. The first kappa shape index (κ1) is 16.7. The van der Waals surface area contributed by atoms with Gasteiger partial charge in [0.05, 0.1) is 28.4 Å². The van der Waals surface area contributed by atoms with Crippen LogP contribution in [0.25, 0.3) is 0 Å². The number of aromatic nitrogens is 2. The van der Waals surface area contributed by atoms with E-state index in [9.17, 15) is 18.0 Å². The highest BCUT2D eigenvalue weighted by atomic mass is 35.5. The first-order valence-electron chi connectivity index (χ1n) is 7.20. The standard InChI is InChI=1S/C16H13ClF3N3O/c1-8-10(4-21-7-13(8)18)6-23-15(24)9-2-12(17)14(22-5-9)11-3-16(11,19)20/h2,4-5,7,11H,3,6H2,1H3,(H,23,24). The van der Waals surface area contributed by atoms with E-state index in [0.29, 0.717) is 11.1 Å². The quantitative estimate of drug-likeness (QED) is 0.911. The number of hydrogen-bond acceptors (Lipinski definition) is 3. The molecule has 24 heavy (non-hydrogen) atoms. The number of carbonyl (C=O) groups is 1. The average Bonchev–Trinajstić information content (AvgIpc) is 3.16. The minimum absolute atomic E-state index is 0.0356. The summed E-state index contributed by atoms with van der Waals surface area (Å²) in [6.45, 7) is 1.66. The van der Waals surface area contributed by atoms with Gasteiger partial charge in [0.2, 0.25) is 0 Å². The van der Waals surface area contributed by atoms with Crippen LogP contribution in [0.5, 0.6) is 0 Å². The SMILES string of the molecule is Cc1c(F)cncc1CNC(=O)c1cnc(C2CC2(F)F)c(Cl)c1. The maximum absolute atomic E-state index is 13.4. The molecule has 0 saturated heterocycles. The van der Waals surface area contributed by atoms with Gasteiger partial charge >= 0.3 is 0 Å². The Morgan fingerprint density at radius 2 is 2.12 bits per heavy atom. The van der Waals surface area contributed by atoms with Crippen LogP contribution in [0.4, 0.5) is 13.2 Å². The molecule has 1 amide bonds. The minimum Gasteiger partial charge on any atom is -0.348 e. The second kappa shape index (κ2) is 6.05. The number of nitrogens with one attached hydrogen (secondary N) is 1. The number of amides is 1. The van der Waals surface area contributed by atoms with Crippen LogP contribution < -0.4 is 5.32 Å². The van der Waals surface area contributed by atoms with Gasteiger partial charge in [0.25, 0.3) is 11.8 Å². The second-order valence-corrected chi connectivity index (χ2v) is 6.10. The Hall–Kier alpha value is -2.15. The summed E-state index contributed by atoms with van der Waals surface area (Å²) in [5.74, 6) is -4.70. The number of pyridine rings is 2. The van der Waals surface area contributed by atoms with Crippen LogP contribution in [-0.2, 0) is 6.54 Å². The zero-order chi connectivity index (χ0) is 17.5. The molecule has 1 saturated carbocycles. The van der Waals surface area contributed by atoms with Crippen LogP contribution in [0, 0.1) is 12.7 Å². The van der Waals surface area contributed by atoms with Crippen molar-refractivity contribution in [3.05, 3.63) is 57.9 Å². The van der Waals surface area contributed by atoms with Gasteiger partial charge in [-0.15, -0.1) is 0 Å². The predicted octanol–water partition coefficient (Wildman–Crippen LogP) is 3.63. The van der Waals surface area contributed by atoms with Crippen molar-refractivity contribution in [2.24, 2.45) is 0 Å². The van der Waals surface area contributed by atoms with Crippen molar-refractivity contribution in [1.29, 1.82) is 0 Å². The molecule has 1 fully saturated rings. The molecule has 2 heterocycles. The molecule has 4 nitrogen and oxygen atoms in total. The molecule has 1 unspecified atom stereocenters. The summed E-state index contributed by atoms with van der Waals surface area (Å²) in [6, 6.07) is 1.31. The average molecular weight is 356 g/mol. The van der Waals surface area contributed by atoms with Crippen LogP contribution in [0.1, 0.15) is 39.5 Å². The van der Waals surface area contributed by atoms with Gasteiger partial charge in [-0.1, -0.05) is 11.6 Å². The van der Waals surface area contributed by atoms with Crippen LogP contribution >= 0.6 is 11.6 Å². The molecule has 0 aliphatic heterocycles. The Morgan fingerprint density at radius 3 is 2.75 bits per heavy atom. The van der Waals surface area contributed by atoms with E-state index in [1.807, 2.05) is 0 Å². The summed E-state index contributed by atoms with van der Waals surface area (Å²) in [7, 11) is 0. The first-order chi connectivity index (χ1) is 11.3. The van der Waals surface area contributed by atoms with Crippen molar-refractivity contribution in [2.45, 2.75) is 31.7 Å². The Balaban J connectivity index is 1.69. The van der Waals surface area contributed by atoms with E-state index in [0.717, 1.165) is 6.20 Å². The Morgan fingerprint density at radius 1 is 1.42 bits per heavy atom. The fourth-order valence-electron chi connectivity index (χ4n) is 2.33. The molecule has 0 spiro atoms. The monoisotopic (exact) mass is 355 g/mol. The molecular formula is C16H13ClF3N3O. The number of nitrogens with zero attached hydrogens (tertiary/aromatic N) is 2. The first-order valence-corrected chi connectivity index (χ1v) is 7.58. The molecule has 1 aliphatic rings. The summed E-state index contributed by atoms with van der Waals surface area (Å²) in [4.78, 5) is 19.7. The van der Waals surface area contributed by atoms with E-state index in [1.165, 1.54) is 18.5 Å². The fourth-order valence-corrected chi connectivity index (χ4v) is 2.63. The zero-order valence-electron chi connectivity index (χ0n) is 12.6. The molecule has 1 N–H and O–H groups in total. The van der Waals surface area contributed by atoms with Gasteiger partial charge in [0.15, 0.2) is 0 Å². The predicted molar refractivity (Wildman–Crippen MR) is 81.7 cm³/mol. The third kappa shape index (κ3) is 3.21. The highest BCUT2D eigenvalue weighted by Crippen LogP contribution is 2.56. The largest absolute Gasteiger partial charge is 0.348 e. The highest BCUT2D eigenvalue weighted by molar-refractivity contribution is 6.31. The normalized spacial score (nSPS) is 18.3. The van der Waals surface area contributed by atoms with E-state index < -0.39 is 23.6 Å². The topological polar surface area (TPSA) is 54.9 Å². The lowest BCUT2D eigenvalue weighted by molar-refractivity contribution is 0.0950. The molecule has 1 aliphatic carbocycles. The molecule has 0 radical (unpaired) electrons. The molecule has 126 valence electrons. The molecule has 1 atom stereocenters. The fraction of sp³-hybridized carbons (Fsp3) is 0.312. The third-order valence-electron chi connectivity index (χ3n) is 3.99. The summed E-state index contributed by atoms with van der Waals surface area (Å²) < 4.78 is 39.6. The smallest absolute Gasteiger partial charge is 0.257 e. The van der Waals surface area contributed by atoms with Crippen molar-refractivity contribution < 1.29 is 18.0 Å². The molecule has 2 aromatic heterocycles. The second-order valence-electron chi connectivity index (χ2n) is 5.70. The van der Waals surface area contributed by atoms with E-state index in [-0.39, 0.29) is 29.2 Å². The number of rotatable bonds is 4. The highest BCUT2D eigenvalue weighted by Gasteiger charge is 2.59. The lowest BCUT2D eigenvalue weighted by Gasteiger charge is -2.09. The van der Waals surface area contributed by atoms with Crippen LogP contribution in [0.3, 0.4) is 0 Å². The maximum atomic E-state index is 13.4. The molecular weight excluding hydrogens is 343 g/mol. The van der Waals surface area contributed by atoms with Gasteiger partial charge in [0, 0.05) is 25.4 Å². The number of halogens is 4. The maximum Gasteiger partial charge on any atom is 0.257 e. The molecule has 0 bridgehead atoms. The van der Waals surface area contributed by atoms with Crippen molar-refractivity contribution >= 4 is 17.5 Å². The Kier molecular flexibility index (Phi) is 4.21. The van der Waals surface area contributed by atoms with E-state index in [4.69, 9.17) is 11.6 Å². The van der Waals surface area contributed by atoms with Gasteiger partial charge in [0.1, 0.15) is 5.82 Å². The Labute approximate surface area is 141 Å². The third-order valence-corrected chi connectivity index (χ3v) is 4.29. The number of hydrogen-bond donors (Lipinski definition) is 1. The molecule has 0 aromatic carbocycles. The summed E-state index contributed by atoms with van der Waals surface area (Å²) in [5, 5.41) is 2.63. The minimum atomic E-state index is -2.78. The summed E-state index contributed by atoms with van der Waals surface area (Å²) in [5.41, 5.74) is 1.18. The zero-order valence-corrected chi connectivity index (χ0v) is 13.4. The molecule has 3 rings (SSSR count). The van der Waals surface area contributed by atoms with E-state index in [2.05, 4.69) is 15.3 Å². The van der Waals surface area contributed by atoms with Crippen molar-refractivity contribution in [2.75, 3.05) is 0 Å². The van der Waals surface area contributed by atoms with E-state index >= 15 is 0 Å². The van der Waals surface area contributed by atoms with Gasteiger partial charge in [-0.3, -0.25) is 14.8 Å². The lowest BCUT2D eigenvalue weighted by atomic mass is 10.1. The lowest BCUT2D eigenvalue weighted by Crippen LogP contribution is -2.23. The van der Waals surface area contributed by atoms with Crippen molar-refractivity contribution in [1.82, 2.24) is 15.3 Å². The molecule has 8 heteroatoms. The van der Waals surface area contributed by atoms with Crippen molar-refractivity contribution in [3.63, 3.8) is 0 Å². The van der Waals surface area contributed by atoms with Gasteiger partial charge < -0.3 is 5.32 Å².